The summed E-state index contributed by atoms with van der Waals surface area (Å²) in [5.74, 6) is -2.28. The summed E-state index contributed by atoms with van der Waals surface area (Å²) in [6, 6.07) is 5.76. The van der Waals surface area contributed by atoms with E-state index in [4.69, 9.17) is 4.42 Å². The highest BCUT2D eigenvalue weighted by atomic mass is 19.4. The van der Waals surface area contributed by atoms with Crippen LogP contribution in [-0.2, 0) is 11.3 Å². The SMILES string of the molecule is N#Cc1ccc(C2CC2)c(-c2cnc(C(=O)N[C@@H]3C[C@@H](Cn4ccnn4)N(C(=O)C(F)(F)F)C3)o2)c1. The highest BCUT2D eigenvalue weighted by molar-refractivity contribution is 5.90. The van der Waals surface area contributed by atoms with E-state index < -0.39 is 30.1 Å². The van der Waals surface area contributed by atoms with Gasteiger partial charge in [0.15, 0.2) is 5.76 Å². The first-order valence-electron chi connectivity index (χ1n) is 11.3. The number of oxazole rings is 1. The summed E-state index contributed by atoms with van der Waals surface area (Å²) in [6.07, 6.45) is 1.32. The van der Waals surface area contributed by atoms with E-state index in [1.165, 1.54) is 23.3 Å². The predicted molar refractivity (Wildman–Crippen MR) is 116 cm³/mol. The quantitative estimate of drug-likeness (QED) is 0.552. The van der Waals surface area contributed by atoms with E-state index >= 15 is 0 Å². The maximum atomic E-state index is 13.2. The van der Waals surface area contributed by atoms with E-state index in [-0.39, 0.29) is 25.4 Å². The molecule has 3 heterocycles. The number of carbonyl (C=O) groups is 2. The van der Waals surface area contributed by atoms with Gasteiger partial charge in [0.1, 0.15) is 0 Å². The van der Waals surface area contributed by atoms with Crippen LogP contribution in [-0.4, -0.2) is 61.5 Å². The Hall–Kier alpha value is -4.21. The third kappa shape index (κ3) is 4.79. The predicted octanol–water partition coefficient (Wildman–Crippen LogP) is 2.64. The van der Waals surface area contributed by atoms with Gasteiger partial charge in [-0.15, -0.1) is 5.10 Å². The lowest BCUT2D eigenvalue weighted by Crippen LogP contribution is -2.46. The van der Waals surface area contributed by atoms with Crippen molar-refractivity contribution in [3.8, 4) is 17.4 Å². The molecule has 1 aliphatic heterocycles. The van der Waals surface area contributed by atoms with E-state index in [0.717, 1.165) is 18.4 Å². The molecule has 1 N–H and O–H groups in total. The number of nitrogens with zero attached hydrogens (tertiary/aromatic N) is 6. The largest absolute Gasteiger partial charge is 0.471 e. The Kier molecular flexibility index (Phi) is 5.95. The van der Waals surface area contributed by atoms with Gasteiger partial charge in [0, 0.05) is 24.3 Å². The number of likely N-dealkylation sites (tertiary alicyclic amines) is 1. The summed E-state index contributed by atoms with van der Waals surface area (Å²) >= 11 is 0. The molecular weight excluding hydrogens is 479 g/mol. The summed E-state index contributed by atoms with van der Waals surface area (Å²) in [7, 11) is 0. The number of alkyl halides is 3. The summed E-state index contributed by atoms with van der Waals surface area (Å²) in [5, 5.41) is 19.3. The van der Waals surface area contributed by atoms with Crippen LogP contribution in [0, 0.1) is 11.3 Å². The fourth-order valence-electron chi connectivity index (χ4n) is 4.49. The van der Waals surface area contributed by atoms with Gasteiger partial charge in [0.2, 0.25) is 0 Å². The van der Waals surface area contributed by atoms with Gasteiger partial charge in [0.05, 0.1) is 36.6 Å². The number of benzene rings is 1. The summed E-state index contributed by atoms with van der Waals surface area (Å²) in [5.41, 5.74) is 2.12. The highest BCUT2D eigenvalue weighted by Crippen LogP contribution is 2.44. The number of carbonyl (C=O) groups excluding carboxylic acids is 2. The number of nitriles is 1. The Morgan fingerprint density at radius 1 is 1.28 bits per heavy atom. The van der Waals surface area contributed by atoms with Crippen LogP contribution in [0.25, 0.3) is 11.3 Å². The molecule has 1 saturated heterocycles. The van der Waals surface area contributed by atoms with Crippen LogP contribution in [0.4, 0.5) is 13.2 Å². The molecule has 2 aromatic heterocycles. The van der Waals surface area contributed by atoms with Crippen LogP contribution in [0.15, 0.2) is 41.2 Å². The molecule has 13 heteroatoms. The fourth-order valence-corrected chi connectivity index (χ4v) is 4.49. The van der Waals surface area contributed by atoms with E-state index in [0.29, 0.717) is 27.7 Å². The average molecular weight is 499 g/mol. The highest BCUT2D eigenvalue weighted by Gasteiger charge is 2.48. The number of hydrogen-bond acceptors (Lipinski definition) is 7. The maximum absolute atomic E-state index is 13.2. The van der Waals surface area contributed by atoms with E-state index in [1.807, 2.05) is 6.07 Å². The molecule has 3 aromatic rings. The molecule has 186 valence electrons. The van der Waals surface area contributed by atoms with Crippen LogP contribution in [0.2, 0.25) is 0 Å². The van der Waals surface area contributed by atoms with Gasteiger partial charge in [-0.05, 0) is 42.9 Å². The van der Waals surface area contributed by atoms with Gasteiger partial charge in [-0.3, -0.25) is 14.3 Å². The Morgan fingerprint density at radius 2 is 2.08 bits per heavy atom. The molecular formula is C23H20F3N7O3. The van der Waals surface area contributed by atoms with Crippen molar-refractivity contribution < 1.29 is 27.2 Å². The van der Waals surface area contributed by atoms with Gasteiger partial charge in [0.25, 0.3) is 5.89 Å². The van der Waals surface area contributed by atoms with E-state index in [9.17, 15) is 28.0 Å². The first-order valence-corrected chi connectivity index (χ1v) is 11.3. The minimum absolute atomic E-state index is 0.00346. The first kappa shape index (κ1) is 23.5. The number of amides is 2. The van der Waals surface area contributed by atoms with Crippen LogP contribution < -0.4 is 5.32 Å². The van der Waals surface area contributed by atoms with Crippen molar-refractivity contribution in [1.82, 2.24) is 30.2 Å². The van der Waals surface area contributed by atoms with Crippen molar-refractivity contribution in [3.63, 3.8) is 0 Å². The standard InChI is InChI=1S/C23H20F3N7O3/c24-23(25,26)22(35)33-11-15(8-16(33)12-32-6-5-29-31-32)30-20(34)21-28-10-19(36-21)18-7-13(9-27)1-4-17(18)14-2-3-14/h1,4-7,10,14-16H,2-3,8,11-12H2,(H,30,34)/t15-,16+/m1/s1. The van der Waals surface area contributed by atoms with Crippen LogP contribution in [0.3, 0.4) is 0 Å². The number of aromatic nitrogens is 4. The Morgan fingerprint density at radius 3 is 2.75 bits per heavy atom. The lowest BCUT2D eigenvalue weighted by atomic mass is 9.99. The van der Waals surface area contributed by atoms with Gasteiger partial charge < -0.3 is 14.6 Å². The smallest absolute Gasteiger partial charge is 0.432 e. The number of nitrogens with one attached hydrogen (secondary N) is 1. The molecule has 10 nitrogen and oxygen atoms in total. The zero-order chi connectivity index (χ0) is 25.4. The molecule has 1 aromatic carbocycles. The molecule has 0 unspecified atom stereocenters. The summed E-state index contributed by atoms with van der Waals surface area (Å²) in [6.45, 7) is -0.330. The zero-order valence-electron chi connectivity index (χ0n) is 18.8. The molecule has 0 spiro atoms. The monoisotopic (exact) mass is 499 g/mol. The molecule has 36 heavy (non-hydrogen) atoms. The van der Waals surface area contributed by atoms with Gasteiger partial charge in [-0.1, -0.05) is 11.3 Å². The van der Waals surface area contributed by atoms with Crippen molar-refractivity contribution in [3.05, 3.63) is 53.8 Å². The van der Waals surface area contributed by atoms with E-state index in [2.05, 4.69) is 26.7 Å². The lowest BCUT2D eigenvalue weighted by Gasteiger charge is -2.25. The molecule has 1 saturated carbocycles. The van der Waals surface area contributed by atoms with Crippen molar-refractivity contribution >= 4 is 11.8 Å². The Balaban J connectivity index is 1.32. The first-order chi connectivity index (χ1) is 17.2. The molecule has 0 radical (unpaired) electrons. The summed E-state index contributed by atoms with van der Waals surface area (Å²) in [4.78, 5) is 29.6. The third-order valence-electron chi connectivity index (χ3n) is 6.29. The molecule has 2 aliphatic rings. The average Bonchev–Trinajstić information content (AvgIpc) is 3.22. The van der Waals surface area contributed by atoms with Crippen molar-refractivity contribution in [2.75, 3.05) is 6.54 Å². The normalized spacial score (nSPS) is 19.8. The molecule has 2 fully saturated rings. The topological polar surface area (TPSA) is 130 Å². The second-order valence-corrected chi connectivity index (χ2v) is 8.86. The van der Waals surface area contributed by atoms with Crippen molar-refractivity contribution in [1.29, 1.82) is 5.26 Å². The minimum atomic E-state index is -5.05. The second-order valence-electron chi connectivity index (χ2n) is 8.86. The van der Waals surface area contributed by atoms with Crippen LogP contribution in [0.5, 0.6) is 0 Å². The number of halogens is 3. The van der Waals surface area contributed by atoms with Crippen molar-refractivity contribution in [2.45, 2.75) is 50.0 Å². The molecule has 2 atom stereocenters. The Bertz CT molecular complexity index is 1330. The van der Waals surface area contributed by atoms with Gasteiger partial charge in [-0.25, -0.2) is 4.98 Å². The molecule has 5 rings (SSSR count). The zero-order valence-corrected chi connectivity index (χ0v) is 18.8. The fraction of sp³-hybridized carbons (Fsp3) is 0.391. The van der Waals surface area contributed by atoms with Gasteiger partial charge in [-0.2, -0.15) is 18.4 Å². The van der Waals surface area contributed by atoms with Crippen LogP contribution in [0.1, 0.15) is 47.0 Å². The van der Waals surface area contributed by atoms with Crippen LogP contribution >= 0.6 is 0 Å². The molecule has 2 amide bonds. The second kappa shape index (κ2) is 9.10. The summed E-state index contributed by atoms with van der Waals surface area (Å²) < 4.78 is 46.5. The maximum Gasteiger partial charge on any atom is 0.471 e. The lowest BCUT2D eigenvalue weighted by molar-refractivity contribution is -0.186. The molecule has 0 bridgehead atoms. The third-order valence-corrected chi connectivity index (χ3v) is 6.29. The Labute approximate surface area is 202 Å². The molecule has 1 aliphatic carbocycles. The number of hydrogen-bond donors (Lipinski definition) is 1. The minimum Gasteiger partial charge on any atom is -0.432 e. The number of rotatable bonds is 6. The van der Waals surface area contributed by atoms with Gasteiger partial charge >= 0.3 is 18.0 Å². The van der Waals surface area contributed by atoms with Crippen molar-refractivity contribution in [2.24, 2.45) is 0 Å². The van der Waals surface area contributed by atoms with E-state index in [1.54, 1.807) is 12.1 Å².